The third-order valence-electron chi connectivity index (χ3n) is 4.99. The molecular weight excluding hydrogens is 314 g/mol. The van der Waals surface area contributed by atoms with E-state index in [2.05, 4.69) is 29.5 Å². The molecule has 1 amide bonds. The van der Waals surface area contributed by atoms with E-state index < -0.39 is 5.54 Å². The number of amides is 1. The maximum atomic E-state index is 12.8. The van der Waals surface area contributed by atoms with Crippen molar-refractivity contribution in [1.82, 2.24) is 15.1 Å². The Hall–Kier alpha value is -2.14. The van der Waals surface area contributed by atoms with Gasteiger partial charge in [-0.15, -0.1) is 0 Å². The highest BCUT2D eigenvalue weighted by Gasteiger charge is 2.27. The zero-order valence-electron chi connectivity index (χ0n) is 15.5. The number of hydrogen-bond acceptors (Lipinski definition) is 3. The Morgan fingerprint density at radius 1 is 1.28 bits per heavy atom. The van der Waals surface area contributed by atoms with E-state index in [0.29, 0.717) is 11.6 Å². The molecular formula is C20H27N3O2. The minimum absolute atomic E-state index is 0.0812. The molecule has 0 bridgehead atoms. The van der Waals surface area contributed by atoms with Gasteiger partial charge in [0.05, 0.1) is 23.3 Å². The number of carbonyl (C=O) groups excluding carboxylic acids is 1. The zero-order valence-corrected chi connectivity index (χ0v) is 15.5. The van der Waals surface area contributed by atoms with Gasteiger partial charge in [0.15, 0.2) is 0 Å². The van der Waals surface area contributed by atoms with Crippen LogP contribution in [0.3, 0.4) is 0 Å². The van der Waals surface area contributed by atoms with Crippen LogP contribution < -0.4 is 5.32 Å². The van der Waals surface area contributed by atoms with Gasteiger partial charge in [-0.3, -0.25) is 9.48 Å². The van der Waals surface area contributed by atoms with Crippen LogP contribution in [0.4, 0.5) is 0 Å². The maximum absolute atomic E-state index is 12.8. The second-order valence-electron chi connectivity index (χ2n) is 7.38. The lowest BCUT2D eigenvalue weighted by atomic mass is 9.92. The second-order valence-corrected chi connectivity index (χ2v) is 7.38. The summed E-state index contributed by atoms with van der Waals surface area (Å²) in [5.41, 5.74) is 3.39. The first-order chi connectivity index (χ1) is 11.9. The molecule has 5 heteroatoms. The van der Waals surface area contributed by atoms with Crippen LogP contribution in [-0.4, -0.2) is 28.9 Å². The molecule has 1 N–H and O–H groups in total. The zero-order chi connectivity index (χ0) is 18.0. The minimum Gasteiger partial charge on any atom is -0.381 e. The van der Waals surface area contributed by atoms with Gasteiger partial charge in [0.2, 0.25) is 0 Å². The third kappa shape index (κ3) is 3.76. The van der Waals surface area contributed by atoms with Gasteiger partial charge in [0.25, 0.3) is 5.91 Å². The number of nitrogens with one attached hydrogen (secondary N) is 1. The highest BCUT2D eigenvalue weighted by molar-refractivity contribution is 5.95. The molecule has 1 aromatic carbocycles. The molecule has 1 aromatic heterocycles. The van der Waals surface area contributed by atoms with E-state index >= 15 is 0 Å². The average molecular weight is 341 g/mol. The van der Waals surface area contributed by atoms with Crippen molar-refractivity contribution in [1.29, 1.82) is 0 Å². The van der Waals surface area contributed by atoms with E-state index in [0.717, 1.165) is 37.3 Å². The van der Waals surface area contributed by atoms with Gasteiger partial charge in [0.1, 0.15) is 0 Å². The Kier molecular flexibility index (Phi) is 4.95. The number of rotatable bonds is 4. The number of hydrogen-bond donors (Lipinski definition) is 1. The number of nitrogens with zero attached hydrogens (tertiary/aromatic N) is 2. The molecule has 0 unspecified atom stereocenters. The molecule has 1 saturated heterocycles. The van der Waals surface area contributed by atoms with Crippen molar-refractivity contribution < 1.29 is 9.53 Å². The Labute approximate surface area is 149 Å². The number of aromatic nitrogens is 2. The fourth-order valence-electron chi connectivity index (χ4n) is 3.40. The Balaban J connectivity index is 1.78. The van der Waals surface area contributed by atoms with Gasteiger partial charge in [-0.2, -0.15) is 5.10 Å². The quantitative estimate of drug-likeness (QED) is 0.926. The molecule has 134 valence electrons. The third-order valence-corrected chi connectivity index (χ3v) is 4.99. The highest BCUT2D eigenvalue weighted by Crippen LogP contribution is 2.25. The van der Waals surface area contributed by atoms with Gasteiger partial charge in [0, 0.05) is 18.9 Å². The topological polar surface area (TPSA) is 56.2 Å². The van der Waals surface area contributed by atoms with E-state index in [1.54, 1.807) is 6.20 Å². The van der Waals surface area contributed by atoms with Crippen LogP contribution in [-0.2, 0) is 10.3 Å². The largest absolute Gasteiger partial charge is 0.381 e. The Bertz CT molecular complexity index is 758. The number of aryl methyl sites for hydroxylation is 1. The SMILES string of the molecule is Cc1cccc(C(C)(C)NC(=O)c2cnn(C3CCOCC3)c2C)c1. The van der Waals surface area contributed by atoms with E-state index in [1.807, 2.05) is 37.6 Å². The van der Waals surface area contributed by atoms with Crippen LogP contribution in [0.1, 0.15) is 59.9 Å². The summed E-state index contributed by atoms with van der Waals surface area (Å²) in [6.07, 6.45) is 3.57. The lowest BCUT2D eigenvalue weighted by Gasteiger charge is -2.27. The summed E-state index contributed by atoms with van der Waals surface area (Å²) in [6.45, 7) is 9.59. The molecule has 1 aliphatic rings. The molecule has 2 aromatic rings. The maximum Gasteiger partial charge on any atom is 0.255 e. The summed E-state index contributed by atoms with van der Waals surface area (Å²) in [7, 11) is 0. The fourth-order valence-corrected chi connectivity index (χ4v) is 3.40. The molecule has 1 aliphatic heterocycles. The summed E-state index contributed by atoms with van der Waals surface area (Å²) in [5.74, 6) is -0.0812. The molecule has 5 nitrogen and oxygen atoms in total. The first kappa shape index (κ1) is 17.7. The van der Waals surface area contributed by atoms with Crippen LogP contribution in [0, 0.1) is 13.8 Å². The monoisotopic (exact) mass is 341 g/mol. The van der Waals surface area contributed by atoms with Crippen LogP contribution >= 0.6 is 0 Å². The molecule has 0 saturated carbocycles. The van der Waals surface area contributed by atoms with Crippen LogP contribution in [0.5, 0.6) is 0 Å². The lowest BCUT2D eigenvalue weighted by molar-refractivity contribution is 0.0656. The molecule has 3 rings (SSSR count). The number of benzene rings is 1. The van der Waals surface area contributed by atoms with Crippen molar-refractivity contribution in [2.45, 2.75) is 52.1 Å². The molecule has 25 heavy (non-hydrogen) atoms. The smallest absolute Gasteiger partial charge is 0.255 e. The van der Waals surface area contributed by atoms with Gasteiger partial charge < -0.3 is 10.1 Å². The van der Waals surface area contributed by atoms with Gasteiger partial charge in [-0.1, -0.05) is 29.8 Å². The van der Waals surface area contributed by atoms with Gasteiger partial charge >= 0.3 is 0 Å². The standard InChI is InChI=1S/C20H27N3O2/c1-14-6-5-7-16(12-14)20(3,4)22-19(24)18-13-21-23(15(18)2)17-8-10-25-11-9-17/h5-7,12-13,17H,8-11H2,1-4H3,(H,22,24). The molecule has 2 heterocycles. The summed E-state index contributed by atoms with van der Waals surface area (Å²) in [6, 6.07) is 8.56. The Morgan fingerprint density at radius 3 is 2.68 bits per heavy atom. The van der Waals surface area contributed by atoms with Crippen molar-refractivity contribution >= 4 is 5.91 Å². The number of carbonyl (C=O) groups is 1. The van der Waals surface area contributed by atoms with Crippen molar-refractivity contribution in [3.05, 3.63) is 52.8 Å². The predicted molar refractivity (Wildman–Crippen MR) is 97.7 cm³/mol. The predicted octanol–water partition coefficient (Wildman–Crippen LogP) is 3.52. The minimum atomic E-state index is -0.448. The molecule has 0 atom stereocenters. The Morgan fingerprint density at radius 2 is 2.00 bits per heavy atom. The first-order valence-corrected chi connectivity index (χ1v) is 8.90. The summed E-state index contributed by atoms with van der Waals surface area (Å²) in [5, 5.41) is 7.63. The van der Waals surface area contributed by atoms with Crippen LogP contribution in [0.15, 0.2) is 30.5 Å². The van der Waals surface area contributed by atoms with Crippen LogP contribution in [0.2, 0.25) is 0 Å². The first-order valence-electron chi connectivity index (χ1n) is 8.90. The van der Waals surface area contributed by atoms with Gasteiger partial charge in [-0.25, -0.2) is 0 Å². The second kappa shape index (κ2) is 7.00. The van der Waals surface area contributed by atoms with E-state index in [-0.39, 0.29) is 5.91 Å². The highest BCUT2D eigenvalue weighted by atomic mass is 16.5. The summed E-state index contributed by atoms with van der Waals surface area (Å²) in [4.78, 5) is 12.8. The molecule has 0 aliphatic carbocycles. The van der Waals surface area contributed by atoms with E-state index in [9.17, 15) is 4.79 Å². The summed E-state index contributed by atoms with van der Waals surface area (Å²) < 4.78 is 7.40. The molecule has 0 radical (unpaired) electrons. The van der Waals surface area contributed by atoms with Gasteiger partial charge in [-0.05, 0) is 46.1 Å². The van der Waals surface area contributed by atoms with Crippen molar-refractivity contribution in [2.24, 2.45) is 0 Å². The van der Waals surface area contributed by atoms with Crippen molar-refractivity contribution in [3.63, 3.8) is 0 Å². The van der Waals surface area contributed by atoms with Crippen molar-refractivity contribution in [3.8, 4) is 0 Å². The normalized spacial score (nSPS) is 16.0. The fraction of sp³-hybridized carbons (Fsp3) is 0.500. The summed E-state index contributed by atoms with van der Waals surface area (Å²) >= 11 is 0. The van der Waals surface area contributed by atoms with E-state index in [1.165, 1.54) is 5.56 Å². The van der Waals surface area contributed by atoms with Crippen molar-refractivity contribution in [2.75, 3.05) is 13.2 Å². The lowest BCUT2D eigenvalue weighted by Crippen LogP contribution is -2.41. The average Bonchev–Trinajstić information content (AvgIpc) is 2.97. The molecule has 1 fully saturated rings. The number of ether oxygens (including phenoxy) is 1. The molecule has 0 spiro atoms. The van der Waals surface area contributed by atoms with E-state index in [4.69, 9.17) is 4.74 Å². The van der Waals surface area contributed by atoms with Crippen LogP contribution in [0.25, 0.3) is 0 Å².